The summed E-state index contributed by atoms with van der Waals surface area (Å²) in [5.41, 5.74) is 1.64. The summed E-state index contributed by atoms with van der Waals surface area (Å²) in [5.74, 6) is -0.0490. The second-order valence-electron chi connectivity index (χ2n) is 7.81. The zero-order valence-electron chi connectivity index (χ0n) is 17.5. The summed E-state index contributed by atoms with van der Waals surface area (Å²) in [4.78, 5) is 39.3. The lowest BCUT2D eigenvalue weighted by molar-refractivity contribution is -0.131. The van der Waals surface area contributed by atoms with E-state index in [1.807, 2.05) is 37.3 Å². The van der Waals surface area contributed by atoms with Gasteiger partial charge in [-0.3, -0.25) is 14.4 Å². The van der Waals surface area contributed by atoms with Gasteiger partial charge in [0, 0.05) is 24.7 Å². The van der Waals surface area contributed by atoms with Gasteiger partial charge in [0.05, 0.1) is 12.0 Å². The van der Waals surface area contributed by atoms with Gasteiger partial charge in [-0.1, -0.05) is 30.3 Å². The molecule has 0 aromatic heterocycles. The van der Waals surface area contributed by atoms with Crippen LogP contribution in [-0.4, -0.2) is 37.1 Å². The molecule has 2 aliphatic heterocycles. The smallest absolute Gasteiger partial charge is 0.242 e. The fraction of sp³-hybridized carbons (Fsp3) is 0.348. The minimum Gasteiger partial charge on any atom is -0.454 e. The molecule has 1 fully saturated rings. The fourth-order valence-electron chi connectivity index (χ4n) is 3.75. The normalized spacial score (nSPS) is 19.1. The van der Waals surface area contributed by atoms with Gasteiger partial charge in [0.2, 0.25) is 24.5 Å². The third kappa shape index (κ3) is 4.47. The molecule has 162 valence electrons. The first-order chi connectivity index (χ1) is 14.9. The molecule has 31 heavy (non-hydrogen) atoms. The van der Waals surface area contributed by atoms with Crippen LogP contribution in [-0.2, 0) is 14.4 Å². The van der Waals surface area contributed by atoms with Crippen molar-refractivity contribution in [1.82, 2.24) is 10.6 Å². The number of rotatable bonds is 6. The lowest BCUT2D eigenvalue weighted by atomic mass is 10.1. The summed E-state index contributed by atoms with van der Waals surface area (Å²) in [7, 11) is 0. The van der Waals surface area contributed by atoms with Gasteiger partial charge in [-0.05, 0) is 31.5 Å². The molecule has 0 radical (unpaired) electrons. The highest BCUT2D eigenvalue weighted by molar-refractivity contribution is 6.01. The van der Waals surface area contributed by atoms with Gasteiger partial charge in [-0.25, -0.2) is 0 Å². The topological polar surface area (TPSA) is 97.0 Å². The highest BCUT2D eigenvalue weighted by atomic mass is 16.7. The zero-order chi connectivity index (χ0) is 22.0. The monoisotopic (exact) mass is 423 g/mol. The molecular formula is C23H25N3O5. The Kier molecular flexibility index (Phi) is 5.79. The molecule has 2 aliphatic rings. The van der Waals surface area contributed by atoms with Crippen molar-refractivity contribution in [3.63, 3.8) is 0 Å². The summed E-state index contributed by atoms with van der Waals surface area (Å²) in [6, 6.07) is 14.0. The maximum Gasteiger partial charge on any atom is 0.242 e. The first-order valence-electron chi connectivity index (χ1n) is 10.3. The van der Waals surface area contributed by atoms with Gasteiger partial charge in [0.1, 0.15) is 6.04 Å². The Balaban J connectivity index is 1.33. The number of amides is 3. The number of hydrogen-bond acceptors (Lipinski definition) is 5. The molecule has 8 heteroatoms. The van der Waals surface area contributed by atoms with Crippen molar-refractivity contribution in [3.8, 4) is 11.5 Å². The van der Waals surface area contributed by atoms with Crippen molar-refractivity contribution in [2.75, 3.05) is 18.2 Å². The third-order valence-electron chi connectivity index (χ3n) is 5.57. The van der Waals surface area contributed by atoms with E-state index in [-0.39, 0.29) is 43.5 Å². The summed E-state index contributed by atoms with van der Waals surface area (Å²) in [6.07, 6.45) is 0.0923. The standard InChI is InChI=1S/C23H25N3O5/c1-14(16-6-4-3-5-7-16)24-22(28)15(2)25-23(29)17-10-21(27)26(12-17)18-8-9-19-20(11-18)31-13-30-19/h3-9,11,14-15,17H,10,12-13H2,1-2H3,(H,24,28)(H,25,29)/t14-,15-,17-/m0/s1. The Morgan fingerprint density at radius 1 is 1.03 bits per heavy atom. The van der Waals surface area contributed by atoms with Gasteiger partial charge < -0.3 is 25.0 Å². The number of fused-ring (bicyclic) bond motifs is 1. The number of carbonyl (C=O) groups is 3. The van der Waals surface area contributed by atoms with Crippen molar-refractivity contribution in [2.45, 2.75) is 32.4 Å². The number of nitrogens with zero attached hydrogens (tertiary/aromatic N) is 1. The Bertz CT molecular complexity index is 994. The van der Waals surface area contributed by atoms with Gasteiger partial charge in [-0.15, -0.1) is 0 Å². The van der Waals surface area contributed by atoms with Crippen LogP contribution in [0, 0.1) is 5.92 Å². The second-order valence-corrected chi connectivity index (χ2v) is 7.81. The summed E-state index contributed by atoms with van der Waals surface area (Å²) in [5, 5.41) is 5.64. The van der Waals surface area contributed by atoms with Crippen LogP contribution < -0.4 is 25.0 Å². The van der Waals surface area contributed by atoms with Crippen molar-refractivity contribution >= 4 is 23.4 Å². The maximum atomic E-state index is 12.7. The molecule has 2 aromatic carbocycles. The molecule has 0 unspecified atom stereocenters. The van der Waals surface area contributed by atoms with E-state index in [0.29, 0.717) is 17.2 Å². The quantitative estimate of drug-likeness (QED) is 0.742. The molecule has 0 saturated carbocycles. The van der Waals surface area contributed by atoms with Crippen molar-refractivity contribution in [2.24, 2.45) is 5.92 Å². The molecule has 0 spiro atoms. The molecule has 2 heterocycles. The van der Waals surface area contributed by atoms with E-state index in [0.717, 1.165) is 5.56 Å². The van der Waals surface area contributed by atoms with E-state index >= 15 is 0 Å². The predicted molar refractivity (Wildman–Crippen MR) is 114 cm³/mol. The molecule has 2 aromatic rings. The van der Waals surface area contributed by atoms with Gasteiger partial charge in [0.15, 0.2) is 11.5 Å². The lowest BCUT2D eigenvalue weighted by Crippen LogP contribution is -2.47. The molecular weight excluding hydrogens is 398 g/mol. The number of benzene rings is 2. The third-order valence-corrected chi connectivity index (χ3v) is 5.57. The van der Waals surface area contributed by atoms with Gasteiger partial charge in [0.25, 0.3) is 0 Å². The SMILES string of the molecule is C[C@H](NC(=O)[C@H]1CC(=O)N(c2ccc3c(c2)OCO3)C1)C(=O)N[C@@H](C)c1ccccc1. The summed E-state index contributed by atoms with van der Waals surface area (Å²) < 4.78 is 10.7. The van der Waals surface area contributed by atoms with E-state index in [2.05, 4.69) is 10.6 Å². The molecule has 3 atom stereocenters. The van der Waals surface area contributed by atoms with E-state index in [1.165, 1.54) is 0 Å². The fourth-order valence-corrected chi connectivity index (χ4v) is 3.75. The van der Waals surface area contributed by atoms with Crippen LogP contribution in [0.3, 0.4) is 0 Å². The predicted octanol–water partition coefficient (Wildman–Crippen LogP) is 2.15. The Hall–Kier alpha value is -3.55. The van der Waals surface area contributed by atoms with E-state index < -0.39 is 12.0 Å². The van der Waals surface area contributed by atoms with E-state index in [1.54, 1.807) is 30.0 Å². The molecule has 0 bridgehead atoms. The van der Waals surface area contributed by atoms with Crippen LogP contribution in [0.25, 0.3) is 0 Å². The second kappa shape index (κ2) is 8.67. The first kappa shape index (κ1) is 20.7. The highest BCUT2D eigenvalue weighted by Crippen LogP contribution is 2.37. The molecule has 4 rings (SSSR count). The molecule has 2 N–H and O–H groups in total. The maximum absolute atomic E-state index is 12.7. The average molecular weight is 423 g/mol. The van der Waals surface area contributed by atoms with Crippen LogP contribution in [0.1, 0.15) is 31.9 Å². The number of ether oxygens (including phenoxy) is 2. The molecule has 8 nitrogen and oxygen atoms in total. The first-order valence-corrected chi connectivity index (χ1v) is 10.3. The van der Waals surface area contributed by atoms with Gasteiger partial charge in [-0.2, -0.15) is 0 Å². The van der Waals surface area contributed by atoms with Crippen molar-refractivity contribution in [1.29, 1.82) is 0 Å². The van der Waals surface area contributed by atoms with Crippen LogP contribution in [0.2, 0.25) is 0 Å². The molecule has 1 saturated heterocycles. The zero-order valence-corrected chi connectivity index (χ0v) is 17.5. The van der Waals surface area contributed by atoms with Crippen LogP contribution in [0.15, 0.2) is 48.5 Å². The molecule has 3 amide bonds. The van der Waals surface area contributed by atoms with E-state index in [9.17, 15) is 14.4 Å². The molecule has 0 aliphatic carbocycles. The highest BCUT2D eigenvalue weighted by Gasteiger charge is 2.36. The van der Waals surface area contributed by atoms with Gasteiger partial charge >= 0.3 is 0 Å². The summed E-state index contributed by atoms with van der Waals surface area (Å²) in [6.45, 7) is 3.93. The average Bonchev–Trinajstić information content (AvgIpc) is 3.40. The summed E-state index contributed by atoms with van der Waals surface area (Å²) >= 11 is 0. The number of anilines is 1. The van der Waals surface area contributed by atoms with Crippen molar-refractivity contribution in [3.05, 3.63) is 54.1 Å². The largest absolute Gasteiger partial charge is 0.454 e. The Morgan fingerprint density at radius 3 is 2.55 bits per heavy atom. The van der Waals surface area contributed by atoms with Crippen LogP contribution in [0.5, 0.6) is 11.5 Å². The number of carbonyl (C=O) groups excluding carboxylic acids is 3. The number of hydrogen-bond donors (Lipinski definition) is 2. The van der Waals surface area contributed by atoms with Crippen LogP contribution >= 0.6 is 0 Å². The van der Waals surface area contributed by atoms with Crippen molar-refractivity contribution < 1.29 is 23.9 Å². The van der Waals surface area contributed by atoms with Crippen LogP contribution in [0.4, 0.5) is 5.69 Å². The van der Waals surface area contributed by atoms with E-state index in [4.69, 9.17) is 9.47 Å². The number of nitrogens with one attached hydrogen (secondary N) is 2. The Labute approximate surface area is 180 Å². The minimum absolute atomic E-state index is 0.0923. The Morgan fingerprint density at radius 2 is 1.77 bits per heavy atom. The lowest BCUT2D eigenvalue weighted by Gasteiger charge is -2.20. The minimum atomic E-state index is -0.714.